The van der Waals surface area contributed by atoms with Gasteiger partial charge in [0, 0.05) is 0 Å². The summed E-state index contributed by atoms with van der Waals surface area (Å²) in [6, 6.07) is 0. The SMILES string of the molecule is C[C](C)C.C[C]1CC1. The van der Waals surface area contributed by atoms with E-state index in [4.69, 9.17) is 0 Å². The largest absolute Gasteiger partial charge is 0.0597 e. The van der Waals surface area contributed by atoms with Crippen LogP contribution in [0.25, 0.3) is 0 Å². The molecule has 1 aliphatic rings. The van der Waals surface area contributed by atoms with Crippen molar-refractivity contribution in [3.8, 4) is 0 Å². The highest BCUT2D eigenvalue weighted by Gasteiger charge is 2.13. The molecule has 0 aromatic heterocycles. The molecule has 0 heteroatoms. The average molecular weight is 112 g/mol. The lowest BCUT2D eigenvalue weighted by molar-refractivity contribution is 1.10. The van der Waals surface area contributed by atoms with Crippen LogP contribution in [0.15, 0.2) is 0 Å². The van der Waals surface area contributed by atoms with Gasteiger partial charge in [-0.05, 0) is 24.7 Å². The van der Waals surface area contributed by atoms with E-state index in [-0.39, 0.29) is 0 Å². The summed E-state index contributed by atoms with van der Waals surface area (Å²) in [4.78, 5) is 0. The Balaban J connectivity index is 0.000000122. The van der Waals surface area contributed by atoms with Gasteiger partial charge in [0.2, 0.25) is 0 Å². The molecule has 8 heavy (non-hydrogen) atoms. The normalized spacial score (nSPS) is 17.6. The summed E-state index contributed by atoms with van der Waals surface area (Å²) in [7, 11) is 0. The molecule has 48 valence electrons. The average Bonchev–Trinajstić information content (AvgIpc) is 2.19. The fourth-order valence-corrected chi connectivity index (χ4v) is 0.125. The van der Waals surface area contributed by atoms with Gasteiger partial charge in [-0.3, -0.25) is 0 Å². The first-order chi connectivity index (χ1) is 3.63. The molecule has 0 aliphatic heterocycles. The van der Waals surface area contributed by atoms with Crippen LogP contribution in [0.1, 0.15) is 40.5 Å². The van der Waals surface area contributed by atoms with E-state index in [1.807, 2.05) is 0 Å². The van der Waals surface area contributed by atoms with E-state index in [1.54, 1.807) is 5.92 Å². The second-order valence-electron chi connectivity index (χ2n) is 2.96. The molecule has 0 amide bonds. The van der Waals surface area contributed by atoms with E-state index in [0.717, 1.165) is 0 Å². The standard InChI is InChI=1S/C4H7.C4H9/c1-4-2-3-4;1-4(2)3/h2-3H2,1H3;1-3H3. The zero-order valence-electron chi connectivity index (χ0n) is 6.41. The lowest BCUT2D eigenvalue weighted by atomic mass is 10.3. The maximum absolute atomic E-state index is 2.19. The van der Waals surface area contributed by atoms with E-state index in [2.05, 4.69) is 27.7 Å². The van der Waals surface area contributed by atoms with Crippen molar-refractivity contribution in [3.05, 3.63) is 11.8 Å². The zero-order chi connectivity index (χ0) is 6.57. The molecule has 0 heterocycles. The third-order valence-corrected chi connectivity index (χ3v) is 0.750. The molecule has 0 unspecified atom stereocenters. The van der Waals surface area contributed by atoms with Crippen LogP contribution in [0.3, 0.4) is 0 Å². The minimum absolute atomic E-state index is 1.40. The highest BCUT2D eigenvalue weighted by Crippen LogP contribution is 2.29. The van der Waals surface area contributed by atoms with E-state index in [0.29, 0.717) is 0 Å². The summed E-state index contributed by atoms with van der Waals surface area (Å²) < 4.78 is 0. The van der Waals surface area contributed by atoms with Gasteiger partial charge in [-0.1, -0.05) is 27.7 Å². The van der Waals surface area contributed by atoms with Crippen LogP contribution in [0, 0.1) is 11.8 Å². The number of hydrogen-bond donors (Lipinski definition) is 0. The predicted octanol–water partition coefficient (Wildman–Crippen LogP) is 3.00. The van der Waals surface area contributed by atoms with E-state index < -0.39 is 0 Å². The van der Waals surface area contributed by atoms with Crippen molar-refractivity contribution in [2.75, 3.05) is 0 Å². The van der Waals surface area contributed by atoms with Crippen LogP contribution in [0.5, 0.6) is 0 Å². The Morgan fingerprint density at radius 2 is 1.25 bits per heavy atom. The molecule has 0 nitrogen and oxygen atoms in total. The van der Waals surface area contributed by atoms with Crippen LogP contribution < -0.4 is 0 Å². The van der Waals surface area contributed by atoms with Crippen molar-refractivity contribution in [1.82, 2.24) is 0 Å². The van der Waals surface area contributed by atoms with E-state index >= 15 is 0 Å². The van der Waals surface area contributed by atoms with E-state index in [9.17, 15) is 0 Å². The second kappa shape index (κ2) is 3.94. The fourth-order valence-electron chi connectivity index (χ4n) is 0.125. The van der Waals surface area contributed by atoms with Gasteiger partial charge in [-0.15, -0.1) is 0 Å². The van der Waals surface area contributed by atoms with Crippen LogP contribution >= 0.6 is 0 Å². The summed E-state index contributed by atoms with van der Waals surface area (Å²) in [6.07, 6.45) is 2.81. The number of rotatable bonds is 0. The Morgan fingerprint density at radius 3 is 1.25 bits per heavy atom. The minimum Gasteiger partial charge on any atom is -0.0597 e. The van der Waals surface area contributed by atoms with Crippen LogP contribution in [0.4, 0.5) is 0 Å². The van der Waals surface area contributed by atoms with Crippen molar-refractivity contribution in [1.29, 1.82) is 0 Å². The third-order valence-electron chi connectivity index (χ3n) is 0.750. The Labute approximate surface area is 53.3 Å². The van der Waals surface area contributed by atoms with Gasteiger partial charge in [0.05, 0.1) is 0 Å². The molecule has 0 saturated heterocycles. The lowest BCUT2D eigenvalue weighted by Gasteiger charge is -1.78. The molecule has 0 atom stereocenters. The highest BCUT2D eigenvalue weighted by molar-refractivity contribution is 4.99. The summed E-state index contributed by atoms with van der Waals surface area (Å²) in [6.45, 7) is 8.44. The molecule has 0 aromatic carbocycles. The minimum atomic E-state index is 1.40. The monoisotopic (exact) mass is 112 g/mol. The van der Waals surface area contributed by atoms with Gasteiger partial charge in [0.15, 0.2) is 0 Å². The molecule has 1 fully saturated rings. The molecular formula is C8H16. The topological polar surface area (TPSA) is 0 Å². The van der Waals surface area contributed by atoms with Gasteiger partial charge in [-0.25, -0.2) is 0 Å². The van der Waals surface area contributed by atoms with Gasteiger partial charge in [-0.2, -0.15) is 0 Å². The van der Waals surface area contributed by atoms with Crippen molar-refractivity contribution in [2.45, 2.75) is 40.5 Å². The van der Waals surface area contributed by atoms with Crippen LogP contribution in [-0.2, 0) is 0 Å². The first-order valence-electron chi connectivity index (χ1n) is 3.21. The third kappa shape index (κ3) is 16.7. The summed E-state index contributed by atoms with van der Waals surface area (Å²) in [5, 5.41) is 0. The van der Waals surface area contributed by atoms with E-state index in [1.165, 1.54) is 18.8 Å². The summed E-state index contributed by atoms with van der Waals surface area (Å²) in [5.41, 5.74) is 0. The summed E-state index contributed by atoms with van der Waals surface area (Å²) >= 11 is 0. The highest BCUT2D eigenvalue weighted by atomic mass is 14.2. The Kier molecular flexibility index (Phi) is 3.94. The maximum Gasteiger partial charge on any atom is -0.0272 e. The Bertz CT molecular complexity index is 39.2. The van der Waals surface area contributed by atoms with Gasteiger partial charge < -0.3 is 0 Å². The van der Waals surface area contributed by atoms with Gasteiger partial charge in [0.1, 0.15) is 0 Å². The van der Waals surface area contributed by atoms with Crippen molar-refractivity contribution in [3.63, 3.8) is 0 Å². The molecular weight excluding hydrogens is 96.1 g/mol. The predicted molar refractivity (Wildman–Crippen MR) is 38.4 cm³/mol. The van der Waals surface area contributed by atoms with Crippen molar-refractivity contribution < 1.29 is 0 Å². The molecule has 0 spiro atoms. The van der Waals surface area contributed by atoms with Gasteiger partial charge in [0.25, 0.3) is 0 Å². The summed E-state index contributed by atoms with van der Waals surface area (Å²) in [5.74, 6) is 3.08. The quantitative estimate of drug-likeness (QED) is 0.452. The zero-order valence-corrected chi connectivity index (χ0v) is 6.41. The molecule has 1 aliphatic carbocycles. The molecule has 1 saturated carbocycles. The Hall–Kier alpha value is 0. The molecule has 1 rings (SSSR count). The molecule has 0 N–H and O–H groups in total. The Morgan fingerprint density at radius 1 is 1.12 bits per heavy atom. The first kappa shape index (κ1) is 8.00. The molecule has 0 aromatic rings. The van der Waals surface area contributed by atoms with Crippen LogP contribution in [0.2, 0.25) is 0 Å². The maximum atomic E-state index is 2.19. The molecule has 0 bridgehead atoms. The fraction of sp³-hybridized carbons (Fsp3) is 0.750. The second-order valence-corrected chi connectivity index (χ2v) is 2.96. The smallest absolute Gasteiger partial charge is 0.0272 e. The lowest BCUT2D eigenvalue weighted by Crippen LogP contribution is -1.62. The number of hydrogen-bond acceptors (Lipinski definition) is 0. The van der Waals surface area contributed by atoms with Crippen LogP contribution in [-0.4, -0.2) is 0 Å². The van der Waals surface area contributed by atoms with Gasteiger partial charge >= 0.3 is 0 Å². The van der Waals surface area contributed by atoms with Crippen molar-refractivity contribution >= 4 is 0 Å². The van der Waals surface area contributed by atoms with Crippen molar-refractivity contribution in [2.24, 2.45) is 0 Å². The first-order valence-corrected chi connectivity index (χ1v) is 3.21. The molecule has 2 radical (unpaired) electrons.